The van der Waals surface area contributed by atoms with E-state index in [0.717, 1.165) is 12.0 Å². The summed E-state index contributed by atoms with van der Waals surface area (Å²) in [6, 6.07) is 5.17. The van der Waals surface area contributed by atoms with Crippen LogP contribution in [0.2, 0.25) is 0 Å². The lowest BCUT2D eigenvalue weighted by Crippen LogP contribution is -3.15. The highest BCUT2D eigenvalue weighted by Crippen LogP contribution is 2.28. The van der Waals surface area contributed by atoms with E-state index in [4.69, 9.17) is 0 Å². The molecule has 5 heteroatoms. The molecule has 4 rings (SSSR count). The molecule has 0 amide bonds. The van der Waals surface area contributed by atoms with Crippen molar-refractivity contribution in [2.24, 2.45) is 5.92 Å². The highest BCUT2D eigenvalue weighted by Gasteiger charge is 2.38. The Morgan fingerprint density at radius 2 is 1.88 bits per heavy atom. The summed E-state index contributed by atoms with van der Waals surface area (Å²) in [7, 11) is 0. The lowest BCUT2D eigenvalue weighted by atomic mass is 9.81. The van der Waals surface area contributed by atoms with Gasteiger partial charge in [-0.2, -0.15) is 0 Å². The Labute approximate surface area is 115 Å². The third-order valence-corrected chi connectivity index (χ3v) is 3.94. The number of halogens is 2. The molecule has 4 heterocycles. The van der Waals surface area contributed by atoms with Crippen molar-refractivity contribution in [2.45, 2.75) is 25.3 Å². The first-order chi connectivity index (χ1) is 6.93. The van der Waals surface area contributed by atoms with Crippen LogP contribution in [0.25, 0.3) is 0 Å². The SMILES string of the molecule is O.[Cl-].[Cl-].c1c[nH+]cc([C@@H]2CC3CC[NH+]2CC3)c1. The maximum atomic E-state index is 3.20. The molecule has 0 saturated carbocycles. The molecule has 98 valence electrons. The van der Waals surface area contributed by atoms with Gasteiger partial charge in [-0.3, -0.25) is 0 Å². The van der Waals surface area contributed by atoms with E-state index in [-0.39, 0.29) is 30.3 Å². The molecule has 3 aliphatic rings. The number of pyridine rings is 1. The number of hydrogen-bond donors (Lipinski definition) is 1. The first kappa shape index (κ1) is 16.6. The Bertz CT molecular complexity index is 316. The zero-order valence-corrected chi connectivity index (χ0v) is 11.3. The Kier molecular flexibility index (Phi) is 7.02. The predicted molar refractivity (Wildman–Crippen MR) is 57.4 cm³/mol. The second-order valence-electron chi connectivity index (χ2n) is 4.73. The summed E-state index contributed by atoms with van der Waals surface area (Å²) in [6.45, 7) is 2.79. The van der Waals surface area contributed by atoms with Crippen LogP contribution in [0.1, 0.15) is 30.9 Å². The number of rotatable bonds is 1. The van der Waals surface area contributed by atoms with E-state index in [1.807, 2.05) is 11.1 Å². The summed E-state index contributed by atoms with van der Waals surface area (Å²) in [5, 5.41) is 0. The minimum absolute atomic E-state index is 0. The average molecular weight is 279 g/mol. The molecule has 0 radical (unpaired) electrons. The Balaban J connectivity index is 0.000000853. The van der Waals surface area contributed by atoms with Gasteiger partial charge in [0.15, 0.2) is 12.4 Å². The summed E-state index contributed by atoms with van der Waals surface area (Å²) in [4.78, 5) is 5.02. The second kappa shape index (κ2) is 7.17. The van der Waals surface area contributed by atoms with Crippen LogP contribution in [-0.2, 0) is 0 Å². The normalized spacial score (nSPS) is 29.5. The van der Waals surface area contributed by atoms with Gasteiger partial charge in [-0.25, -0.2) is 4.98 Å². The van der Waals surface area contributed by atoms with Crippen LogP contribution in [0.3, 0.4) is 0 Å². The van der Waals surface area contributed by atoms with E-state index in [0.29, 0.717) is 0 Å². The fraction of sp³-hybridized carbons (Fsp3) is 0.583. The van der Waals surface area contributed by atoms with Crippen molar-refractivity contribution in [3.05, 3.63) is 30.1 Å². The van der Waals surface area contributed by atoms with Gasteiger partial charge in [0.05, 0.1) is 18.7 Å². The molecule has 17 heavy (non-hydrogen) atoms. The van der Waals surface area contributed by atoms with Crippen LogP contribution >= 0.6 is 0 Å². The zero-order chi connectivity index (χ0) is 9.38. The number of aromatic amines is 1. The molecule has 1 aromatic heterocycles. The van der Waals surface area contributed by atoms with E-state index in [1.54, 1.807) is 0 Å². The maximum absolute atomic E-state index is 3.20. The van der Waals surface area contributed by atoms with Gasteiger partial charge in [-0.05, 0) is 24.8 Å². The molecule has 0 spiro atoms. The first-order valence-electron chi connectivity index (χ1n) is 5.74. The first-order valence-corrected chi connectivity index (χ1v) is 5.74. The van der Waals surface area contributed by atoms with Gasteiger partial charge >= 0.3 is 0 Å². The van der Waals surface area contributed by atoms with Crippen molar-refractivity contribution in [1.82, 2.24) is 0 Å². The van der Waals surface area contributed by atoms with Crippen molar-refractivity contribution >= 4 is 0 Å². The molecule has 3 saturated heterocycles. The van der Waals surface area contributed by atoms with Crippen LogP contribution in [0.15, 0.2) is 24.5 Å². The van der Waals surface area contributed by atoms with Crippen LogP contribution in [0.4, 0.5) is 0 Å². The highest BCUT2D eigenvalue weighted by atomic mass is 35.5. The predicted octanol–water partition coefficient (Wildman–Crippen LogP) is -6.58. The van der Waals surface area contributed by atoms with Crippen molar-refractivity contribution < 1.29 is 40.2 Å². The standard InChI is InChI=1S/C12H16N2.2ClH.H2O/c1-2-11(9-13-5-1)12-8-10-3-6-14(12)7-4-10;;;/h1-2,5,9-10,12H,3-4,6-8H2;2*1H;1H2/t12-;;;/m0.../s1. The smallest absolute Gasteiger partial charge is 0.176 e. The molecule has 3 aliphatic heterocycles. The zero-order valence-electron chi connectivity index (χ0n) is 9.76. The van der Waals surface area contributed by atoms with E-state index in [2.05, 4.69) is 23.3 Å². The summed E-state index contributed by atoms with van der Waals surface area (Å²) in [6.07, 6.45) is 8.51. The number of nitrogens with one attached hydrogen (secondary N) is 2. The fourth-order valence-electron chi connectivity index (χ4n) is 3.13. The number of H-pyrrole nitrogens is 1. The summed E-state index contributed by atoms with van der Waals surface area (Å²) in [5.41, 5.74) is 1.51. The number of piperidine rings is 3. The number of fused-ring (bicyclic) bond motifs is 3. The number of hydrogen-bond acceptors (Lipinski definition) is 0. The van der Waals surface area contributed by atoms with Crippen LogP contribution in [0, 0.1) is 5.92 Å². The minimum atomic E-state index is 0. The maximum Gasteiger partial charge on any atom is 0.176 e. The molecule has 4 N–H and O–H groups in total. The van der Waals surface area contributed by atoms with E-state index in [1.165, 1.54) is 37.9 Å². The highest BCUT2D eigenvalue weighted by molar-refractivity contribution is 5.09. The fourth-order valence-corrected chi connectivity index (χ4v) is 3.13. The van der Waals surface area contributed by atoms with E-state index < -0.39 is 0 Å². The van der Waals surface area contributed by atoms with Crippen molar-refractivity contribution in [2.75, 3.05) is 13.1 Å². The van der Waals surface area contributed by atoms with Gasteiger partial charge < -0.3 is 35.2 Å². The molecule has 1 atom stereocenters. The molecular formula is C12H20Cl2N2O. The molecule has 1 aromatic rings. The van der Waals surface area contributed by atoms with E-state index >= 15 is 0 Å². The lowest BCUT2D eigenvalue weighted by molar-refractivity contribution is -0.948. The molecule has 0 aromatic carbocycles. The lowest BCUT2D eigenvalue weighted by Gasteiger charge is -2.41. The number of quaternary nitrogens is 1. The van der Waals surface area contributed by atoms with Gasteiger partial charge in [-0.1, -0.05) is 0 Å². The molecule has 0 unspecified atom stereocenters. The van der Waals surface area contributed by atoms with Crippen molar-refractivity contribution in [3.8, 4) is 0 Å². The summed E-state index contributed by atoms with van der Waals surface area (Å²) < 4.78 is 0. The summed E-state index contributed by atoms with van der Waals surface area (Å²) >= 11 is 0. The van der Waals surface area contributed by atoms with Gasteiger partial charge in [0.1, 0.15) is 6.04 Å². The van der Waals surface area contributed by atoms with Gasteiger partial charge in [0, 0.05) is 12.5 Å². The van der Waals surface area contributed by atoms with Gasteiger partial charge in [0.2, 0.25) is 0 Å². The topological polar surface area (TPSA) is 50.1 Å². The van der Waals surface area contributed by atoms with Gasteiger partial charge in [0.25, 0.3) is 0 Å². The molecule has 2 bridgehead atoms. The quantitative estimate of drug-likeness (QED) is 0.531. The van der Waals surface area contributed by atoms with Crippen molar-refractivity contribution in [3.63, 3.8) is 0 Å². The minimum Gasteiger partial charge on any atom is -1.00 e. The average Bonchev–Trinajstić information content (AvgIpc) is 2.32. The Morgan fingerprint density at radius 1 is 1.18 bits per heavy atom. The molecule has 0 aliphatic carbocycles. The van der Waals surface area contributed by atoms with Crippen LogP contribution < -0.4 is 34.7 Å². The third-order valence-electron chi connectivity index (χ3n) is 3.94. The monoisotopic (exact) mass is 278 g/mol. The molecule has 3 nitrogen and oxygen atoms in total. The third kappa shape index (κ3) is 3.32. The summed E-state index contributed by atoms with van der Waals surface area (Å²) in [5.74, 6) is 1.01. The van der Waals surface area contributed by atoms with E-state index in [9.17, 15) is 0 Å². The van der Waals surface area contributed by atoms with Crippen molar-refractivity contribution in [1.29, 1.82) is 0 Å². The largest absolute Gasteiger partial charge is 1.00 e. The van der Waals surface area contributed by atoms with Gasteiger partial charge in [-0.15, -0.1) is 0 Å². The Morgan fingerprint density at radius 3 is 2.35 bits per heavy atom. The number of aromatic nitrogens is 1. The van der Waals surface area contributed by atoms with Crippen LogP contribution in [0.5, 0.6) is 0 Å². The molecular weight excluding hydrogens is 259 g/mol. The van der Waals surface area contributed by atoms with Crippen LogP contribution in [-0.4, -0.2) is 18.6 Å². The Hall–Kier alpha value is -0.350. The molecule has 3 fully saturated rings. The second-order valence-corrected chi connectivity index (χ2v) is 4.73.